The van der Waals surface area contributed by atoms with Crippen LogP contribution in [0.4, 0.5) is 0 Å². The quantitative estimate of drug-likeness (QED) is 0.720. The lowest BCUT2D eigenvalue weighted by Gasteiger charge is -2.49. The second-order valence-electron chi connectivity index (χ2n) is 6.08. The zero-order valence-electron chi connectivity index (χ0n) is 13.8. The van der Waals surface area contributed by atoms with Crippen LogP contribution < -0.4 is 0 Å². The number of rotatable bonds is 7. The Hall–Kier alpha value is -0.910. The van der Waals surface area contributed by atoms with Crippen molar-refractivity contribution in [1.29, 1.82) is 0 Å². The zero-order valence-corrected chi connectivity index (χ0v) is 14.6. The predicted octanol–water partition coefficient (Wildman–Crippen LogP) is 3.48. The summed E-state index contributed by atoms with van der Waals surface area (Å²) < 4.78 is 37.0. The smallest absolute Gasteiger partial charge is 0.204 e. The maximum Gasteiger partial charge on any atom is 0.204 e. The first-order valence-electron chi connectivity index (χ1n) is 7.96. The van der Waals surface area contributed by atoms with Crippen LogP contribution in [0.25, 0.3) is 0 Å². The van der Waals surface area contributed by atoms with E-state index in [2.05, 4.69) is 0 Å². The molecule has 5 heteroatoms. The molecule has 1 aromatic rings. The van der Waals surface area contributed by atoms with E-state index in [0.29, 0.717) is 0 Å². The van der Waals surface area contributed by atoms with Crippen LogP contribution >= 0.6 is 0 Å². The van der Waals surface area contributed by atoms with Gasteiger partial charge in [-0.25, -0.2) is 8.42 Å². The van der Waals surface area contributed by atoms with Gasteiger partial charge in [0.1, 0.15) is 11.0 Å². The summed E-state index contributed by atoms with van der Waals surface area (Å²) in [4.78, 5) is 0. The van der Waals surface area contributed by atoms with Crippen LogP contribution in [-0.2, 0) is 19.3 Å². The Bertz CT molecular complexity index is 570. The van der Waals surface area contributed by atoms with E-state index in [-0.39, 0.29) is 18.0 Å². The Labute approximate surface area is 133 Å². The molecule has 1 saturated heterocycles. The SMILES string of the molecule is CCC(C)OC1(OC(C)CC)CS(=O)(=O)C1c1ccccc1. The highest BCUT2D eigenvalue weighted by Gasteiger charge is 2.62. The topological polar surface area (TPSA) is 52.6 Å². The maximum atomic E-state index is 12.4. The fourth-order valence-electron chi connectivity index (χ4n) is 2.77. The van der Waals surface area contributed by atoms with Gasteiger partial charge in [0.15, 0.2) is 9.84 Å². The van der Waals surface area contributed by atoms with E-state index < -0.39 is 20.9 Å². The van der Waals surface area contributed by atoms with Crippen LogP contribution in [0, 0.1) is 0 Å². The molecule has 1 aromatic carbocycles. The Morgan fingerprint density at radius 3 is 2.00 bits per heavy atom. The first-order chi connectivity index (χ1) is 10.3. The Balaban J connectivity index is 2.39. The Morgan fingerprint density at radius 1 is 1.09 bits per heavy atom. The van der Waals surface area contributed by atoms with Crippen LogP contribution in [0.1, 0.15) is 51.3 Å². The summed E-state index contributed by atoms with van der Waals surface area (Å²) in [6.07, 6.45) is 1.52. The molecule has 0 N–H and O–H groups in total. The number of hydrogen-bond acceptors (Lipinski definition) is 4. The van der Waals surface area contributed by atoms with Crippen LogP contribution in [-0.4, -0.2) is 32.2 Å². The third kappa shape index (κ3) is 3.36. The van der Waals surface area contributed by atoms with Crippen molar-refractivity contribution in [2.45, 2.75) is 63.8 Å². The van der Waals surface area contributed by atoms with Crippen molar-refractivity contribution < 1.29 is 17.9 Å². The summed E-state index contributed by atoms with van der Waals surface area (Å²) in [6, 6.07) is 9.23. The summed E-state index contributed by atoms with van der Waals surface area (Å²) in [5.74, 6) is -1.14. The van der Waals surface area contributed by atoms with E-state index in [4.69, 9.17) is 9.47 Å². The molecule has 0 aromatic heterocycles. The molecule has 0 amide bonds. The lowest BCUT2D eigenvalue weighted by atomic mass is 10.0. The van der Waals surface area contributed by atoms with Gasteiger partial charge >= 0.3 is 0 Å². The van der Waals surface area contributed by atoms with Crippen molar-refractivity contribution in [3.63, 3.8) is 0 Å². The lowest BCUT2D eigenvalue weighted by Crippen LogP contribution is -2.62. The fraction of sp³-hybridized carbons (Fsp3) is 0.647. The van der Waals surface area contributed by atoms with Crippen LogP contribution in [0.2, 0.25) is 0 Å². The van der Waals surface area contributed by atoms with Gasteiger partial charge in [0, 0.05) is 0 Å². The molecule has 0 bridgehead atoms. The largest absolute Gasteiger partial charge is 0.344 e. The highest BCUT2D eigenvalue weighted by molar-refractivity contribution is 7.93. The molecule has 0 saturated carbocycles. The molecule has 3 atom stereocenters. The van der Waals surface area contributed by atoms with Gasteiger partial charge in [-0.2, -0.15) is 0 Å². The first kappa shape index (κ1) is 17.4. The van der Waals surface area contributed by atoms with Crippen molar-refractivity contribution >= 4 is 9.84 Å². The van der Waals surface area contributed by atoms with Crippen molar-refractivity contribution in [3.05, 3.63) is 35.9 Å². The molecule has 0 aliphatic carbocycles. The van der Waals surface area contributed by atoms with Gasteiger partial charge in [-0.3, -0.25) is 0 Å². The Morgan fingerprint density at radius 2 is 1.59 bits per heavy atom. The van der Waals surface area contributed by atoms with Gasteiger partial charge in [0.25, 0.3) is 0 Å². The average molecular weight is 326 g/mol. The maximum absolute atomic E-state index is 12.4. The number of benzene rings is 1. The van der Waals surface area contributed by atoms with E-state index >= 15 is 0 Å². The molecule has 4 nitrogen and oxygen atoms in total. The van der Waals surface area contributed by atoms with E-state index in [1.807, 2.05) is 58.0 Å². The van der Waals surface area contributed by atoms with Gasteiger partial charge in [-0.1, -0.05) is 44.2 Å². The van der Waals surface area contributed by atoms with E-state index in [1.54, 1.807) is 0 Å². The van der Waals surface area contributed by atoms with Crippen LogP contribution in [0.3, 0.4) is 0 Å². The minimum absolute atomic E-state index is 0.0502. The summed E-state index contributed by atoms with van der Waals surface area (Å²) in [5.41, 5.74) is 0.736. The van der Waals surface area contributed by atoms with Crippen molar-refractivity contribution in [1.82, 2.24) is 0 Å². The second-order valence-corrected chi connectivity index (χ2v) is 8.17. The molecule has 124 valence electrons. The second kappa shape index (κ2) is 6.69. The summed E-state index contributed by atoms with van der Waals surface area (Å²) in [6.45, 7) is 7.95. The van der Waals surface area contributed by atoms with Gasteiger partial charge < -0.3 is 9.47 Å². The van der Waals surface area contributed by atoms with Crippen molar-refractivity contribution in [2.75, 3.05) is 5.75 Å². The van der Waals surface area contributed by atoms with Gasteiger partial charge in [-0.15, -0.1) is 0 Å². The highest BCUT2D eigenvalue weighted by atomic mass is 32.2. The van der Waals surface area contributed by atoms with Gasteiger partial charge in [0.05, 0.1) is 12.2 Å². The van der Waals surface area contributed by atoms with Gasteiger partial charge in [-0.05, 0) is 32.3 Å². The third-order valence-electron chi connectivity index (χ3n) is 4.21. The van der Waals surface area contributed by atoms with E-state index in [1.165, 1.54) is 0 Å². The number of sulfone groups is 1. The molecule has 2 rings (SSSR count). The standard InChI is InChI=1S/C17H26O4S/c1-5-13(3)20-17(21-14(4)6-2)12-22(18,19)16(17)15-10-8-7-9-11-15/h7-11,13-14,16H,5-6,12H2,1-4H3. The molecular formula is C17H26O4S. The predicted molar refractivity (Wildman–Crippen MR) is 87.4 cm³/mol. The summed E-state index contributed by atoms with van der Waals surface area (Å²) in [5, 5.41) is -0.746. The van der Waals surface area contributed by atoms with Gasteiger partial charge in [0.2, 0.25) is 5.79 Å². The first-order valence-corrected chi connectivity index (χ1v) is 9.68. The van der Waals surface area contributed by atoms with E-state index in [0.717, 1.165) is 18.4 Å². The molecule has 1 heterocycles. The highest BCUT2D eigenvalue weighted by Crippen LogP contribution is 2.49. The molecular weight excluding hydrogens is 300 g/mol. The normalized spacial score (nSPS) is 29.5. The summed E-state index contributed by atoms with van der Waals surface area (Å²) in [7, 11) is -3.24. The minimum Gasteiger partial charge on any atom is -0.344 e. The monoisotopic (exact) mass is 326 g/mol. The zero-order chi connectivity index (χ0) is 16.4. The number of hydrogen-bond donors (Lipinski definition) is 0. The van der Waals surface area contributed by atoms with Crippen LogP contribution in [0.15, 0.2) is 30.3 Å². The molecule has 22 heavy (non-hydrogen) atoms. The third-order valence-corrected chi connectivity index (χ3v) is 6.37. The van der Waals surface area contributed by atoms with E-state index in [9.17, 15) is 8.42 Å². The molecule has 1 aliphatic rings. The number of ether oxygens (including phenoxy) is 2. The molecule has 1 fully saturated rings. The molecule has 3 unspecified atom stereocenters. The van der Waals surface area contributed by atoms with Crippen molar-refractivity contribution in [3.8, 4) is 0 Å². The molecule has 0 radical (unpaired) electrons. The molecule has 0 spiro atoms. The lowest BCUT2D eigenvalue weighted by molar-refractivity contribution is -0.272. The average Bonchev–Trinajstić information content (AvgIpc) is 2.46. The Kier molecular flexibility index (Phi) is 5.30. The van der Waals surface area contributed by atoms with Crippen LogP contribution in [0.5, 0.6) is 0 Å². The van der Waals surface area contributed by atoms with Crippen molar-refractivity contribution in [2.24, 2.45) is 0 Å². The summed E-state index contributed by atoms with van der Waals surface area (Å²) >= 11 is 0. The molecule has 1 aliphatic heterocycles. The minimum atomic E-state index is -3.24. The fourth-order valence-corrected chi connectivity index (χ4v) is 4.82.